The standard InChI is InChI=1S/C19H21ClN2O4S/c1-12(19(24)22-14-6-9-17(26-3)16(20)10-14)27-11-18(23)21-13-4-7-15(25-2)8-5-13/h4-10,12H,11H2,1-3H3,(H,21,23)(H,22,24)/t12-/m1/s1. The van der Waals surface area contributed by atoms with Crippen LogP contribution in [0, 0.1) is 0 Å². The number of amides is 2. The van der Waals surface area contributed by atoms with Crippen molar-refractivity contribution in [2.75, 3.05) is 30.6 Å². The van der Waals surface area contributed by atoms with Gasteiger partial charge in [0.1, 0.15) is 11.5 Å². The summed E-state index contributed by atoms with van der Waals surface area (Å²) in [4.78, 5) is 24.3. The van der Waals surface area contributed by atoms with Crippen LogP contribution in [-0.2, 0) is 9.59 Å². The average Bonchev–Trinajstić information content (AvgIpc) is 2.66. The van der Waals surface area contributed by atoms with Crippen molar-refractivity contribution < 1.29 is 19.1 Å². The lowest BCUT2D eigenvalue weighted by Crippen LogP contribution is -2.25. The average molecular weight is 409 g/mol. The molecule has 6 nitrogen and oxygen atoms in total. The Morgan fingerprint density at radius 1 is 1.04 bits per heavy atom. The molecule has 2 aromatic carbocycles. The molecule has 0 aliphatic rings. The molecule has 2 amide bonds. The van der Waals surface area contributed by atoms with E-state index in [-0.39, 0.29) is 17.6 Å². The van der Waals surface area contributed by atoms with Crippen LogP contribution in [0.4, 0.5) is 11.4 Å². The molecule has 2 aromatic rings. The maximum Gasteiger partial charge on any atom is 0.237 e. The van der Waals surface area contributed by atoms with E-state index >= 15 is 0 Å². The van der Waals surface area contributed by atoms with E-state index in [0.29, 0.717) is 27.9 Å². The van der Waals surface area contributed by atoms with Gasteiger partial charge in [0, 0.05) is 11.4 Å². The number of halogens is 1. The van der Waals surface area contributed by atoms with Gasteiger partial charge in [0.2, 0.25) is 11.8 Å². The molecule has 2 N–H and O–H groups in total. The Balaban J connectivity index is 1.81. The predicted octanol–water partition coefficient (Wildman–Crippen LogP) is 4.06. The van der Waals surface area contributed by atoms with Crippen molar-refractivity contribution in [2.45, 2.75) is 12.2 Å². The second-order valence-corrected chi connectivity index (χ2v) is 7.30. The quantitative estimate of drug-likeness (QED) is 0.688. The molecule has 0 saturated carbocycles. The molecule has 0 aliphatic heterocycles. The van der Waals surface area contributed by atoms with Crippen molar-refractivity contribution in [2.24, 2.45) is 0 Å². The molecule has 0 spiro atoms. The van der Waals surface area contributed by atoms with Gasteiger partial charge in [-0.15, -0.1) is 11.8 Å². The van der Waals surface area contributed by atoms with Crippen LogP contribution in [0.1, 0.15) is 6.92 Å². The first-order valence-corrected chi connectivity index (χ1v) is 9.55. The monoisotopic (exact) mass is 408 g/mol. The van der Waals surface area contributed by atoms with Gasteiger partial charge in [0.15, 0.2) is 0 Å². The number of hydrogen-bond donors (Lipinski definition) is 2. The zero-order valence-corrected chi connectivity index (χ0v) is 16.8. The van der Waals surface area contributed by atoms with Crippen LogP contribution < -0.4 is 20.1 Å². The van der Waals surface area contributed by atoms with E-state index in [1.807, 2.05) is 0 Å². The minimum Gasteiger partial charge on any atom is -0.497 e. The van der Waals surface area contributed by atoms with Crippen LogP contribution >= 0.6 is 23.4 Å². The summed E-state index contributed by atoms with van der Waals surface area (Å²) < 4.78 is 10.2. The molecule has 27 heavy (non-hydrogen) atoms. The molecule has 144 valence electrons. The number of rotatable bonds is 8. The molecule has 0 unspecified atom stereocenters. The third kappa shape index (κ3) is 6.37. The molecule has 1 atom stereocenters. The summed E-state index contributed by atoms with van der Waals surface area (Å²) >= 11 is 7.29. The number of carbonyl (C=O) groups excluding carboxylic acids is 2. The second-order valence-electron chi connectivity index (χ2n) is 5.57. The SMILES string of the molecule is COc1ccc(NC(=O)CS[C@H](C)C(=O)Nc2ccc(OC)c(Cl)c2)cc1. The van der Waals surface area contributed by atoms with E-state index in [1.54, 1.807) is 56.5 Å². The summed E-state index contributed by atoms with van der Waals surface area (Å²) in [6, 6.07) is 12.0. The van der Waals surface area contributed by atoms with Gasteiger partial charge in [-0.05, 0) is 49.4 Å². The highest BCUT2D eigenvalue weighted by Crippen LogP contribution is 2.27. The summed E-state index contributed by atoms with van der Waals surface area (Å²) in [6.07, 6.45) is 0. The van der Waals surface area contributed by atoms with Gasteiger partial charge < -0.3 is 20.1 Å². The van der Waals surface area contributed by atoms with Crippen molar-refractivity contribution in [3.05, 3.63) is 47.5 Å². The molecule has 0 saturated heterocycles. The Labute approximate surface area is 167 Å². The number of ether oxygens (including phenoxy) is 2. The van der Waals surface area contributed by atoms with Crippen LogP contribution in [0.15, 0.2) is 42.5 Å². The first-order chi connectivity index (χ1) is 12.9. The number of anilines is 2. The topological polar surface area (TPSA) is 76.7 Å². The summed E-state index contributed by atoms with van der Waals surface area (Å²) in [5.41, 5.74) is 1.24. The molecule has 0 radical (unpaired) electrons. The predicted molar refractivity (Wildman–Crippen MR) is 110 cm³/mol. The third-order valence-electron chi connectivity index (χ3n) is 3.63. The molecular weight excluding hydrogens is 388 g/mol. The zero-order chi connectivity index (χ0) is 19.8. The Kier molecular flexibility index (Phi) is 7.82. The van der Waals surface area contributed by atoms with Crippen LogP contribution in [0.3, 0.4) is 0 Å². The van der Waals surface area contributed by atoms with Gasteiger partial charge >= 0.3 is 0 Å². The molecule has 0 aliphatic carbocycles. The molecule has 8 heteroatoms. The molecule has 0 fully saturated rings. The molecule has 0 aromatic heterocycles. The van der Waals surface area contributed by atoms with Crippen molar-refractivity contribution in [3.8, 4) is 11.5 Å². The Morgan fingerprint density at radius 2 is 1.70 bits per heavy atom. The van der Waals surface area contributed by atoms with E-state index < -0.39 is 5.25 Å². The number of methoxy groups -OCH3 is 2. The number of benzene rings is 2. The van der Waals surface area contributed by atoms with Gasteiger partial charge in [-0.3, -0.25) is 9.59 Å². The highest BCUT2D eigenvalue weighted by Gasteiger charge is 2.16. The first-order valence-electron chi connectivity index (χ1n) is 8.13. The van der Waals surface area contributed by atoms with E-state index in [9.17, 15) is 9.59 Å². The van der Waals surface area contributed by atoms with Gasteiger partial charge in [-0.2, -0.15) is 0 Å². The van der Waals surface area contributed by atoms with Crippen LogP contribution in [0.25, 0.3) is 0 Å². The van der Waals surface area contributed by atoms with E-state index in [1.165, 1.54) is 18.9 Å². The Morgan fingerprint density at radius 3 is 2.30 bits per heavy atom. The zero-order valence-electron chi connectivity index (χ0n) is 15.2. The van der Waals surface area contributed by atoms with Crippen LogP contribution in [-0.4, -0.2) is 37.0 Å². The van der Waals surface area contributed by atoms with Gasteiger partial charge in [-0.1, -0.05) is 11.6 Å². The molecule has 2 rings (SSSR count). The van der Waals surface area contributed by atoms with Crippen LogP contribution in [0.2, 0.25) is 5.02 Å². The van der Waals surface area contributed by atoms with Gasteiger partial charge in [0.25, 0.3) is 0 Å². The minimum absolute atomic E-state index is 0.157. The molecule has 0 heterocycles. The van der Waals surface area contributed by atoms with Crippen molar-refractivity contribution in [1.29, 1.82) is 0 Å². The Bertz CT molecular complexity index is 799. The van der Waals surface area contributed by atoms with Crippen molar-refractivity contribution in [1.82, 2.24) is 0 Å². The summed E-state index contributed by atoms with van der Waals surface area (Å²) in [6.45, 7) is 1.74. The van der Waals surface area contributed by atoms with Gasteiger partial charge in [0.05, 0.1) is 30.2 Å². The third-order valence-corrected chi connectivity index (χ3v) is 5.07. The smallest absolute Gasteiger partial charge is 0.237 e. The highest BCUT2D eigenvalue weighted by molar-refractivity contribution is 8.01. The lowest BCUT2D eigenvalue weighted by Gasteiger charge is -2.13. The maximum atomic E-state index is 12.3. The number of thioether (sulfide) groups is 1. The van der Waals surface area contributed by atoms with Crippen molar-refractivity contribution in [3.63, 3.8) is 0 Å². The maximum absolute atomic E-state index is 12.3. The van der Waals surface area contributed by atoms with Crippen molar-refractivity contribution >= 4 is 46.6 Å². The van der Waals surface area contributed by atoms with Gasteiger partial charge in [-0.25, -0.2) is 0 Å². The second kappa shape index (κ2) is 10.1. The van der Waals surface area contributed by atoms with E-state index in [4.69, 9.17) is 21.1 Å². The Hall–Kier alpha value is -2.38. The molecule has 0 bridgehead atoms. The number of nitrogens with one attached hydrogen (secondary N) is 2. The minimum atomic E-state index is -0.410. The lowest BCUT2D eigenvalue weighted by molar-refractivity contribution is -0.115. The molecular formula is C19H21ClN2O4S. The summed E-state index contributed by atoms with van der Waals surface area (Å²) in [7, 11) is 3.10. The highest BCUT2D eigenvalue weighted by atomic mass is 35.5. The fourth-order valence-corrected chi connectivity index (χ4v) is 3.08. The summed E-state index contributed by atoms with van der Waals surface area (Å²) in [5, 5.41) is 5.56. The van der Waals surface area contributed by atoms with E-state index in [0.717, 1.165) is 0 Å². The fraction of sp³-hybridized carbons (Fsp3) is 0.263. The number of hydrogen-bond acceptors (Lipinski definition) is 5. The number of carbonyl (C=O) groups is 2. The lowest BCUT2D eigenvalue weighted by atomic mass is 10.3. The fourth-order valence-electron chi connectivity index (χ4n) is 2.14. The largest absolute Gasteiger partial charge is 0.497 e. The first kappa shape index (κ1) is 20.9. The van der Waals surface area contributed by atoms with Crippen LogP contribution in [0.5, 0.6) is 11.5 Å². The normalized spacial score (nSPS) is 11.4. The van der Waals surface area contributed by atoms with E-state index in [2.05, 4.69) is 10.6 Å². The summed E-state index contributed by atoms with van der Waals surface area (Å²) in [5.74, 6) is 1.01.